The van der Waals surface area contributed by atoms with E-state index < -0.39 is 24.0 Å². The summed E-state index contributed by atoms with van der Waals surface area (Å²) in [5.74, 6) is 1.98. The Bertz CT molecular complexity index is 1500. The van der Waals surface area contributed by atoms with Crippen molar-refractivity contribution in [2.45, 2.75) is 52.9 Å². The second kappa shape index (κ2) is 15.5. The number of amides is 2. The molecule has 4 rings (SSSR count). The van der Waals surface area contributed by atoms with Gasteiger partial charge in [-0.05, 0) is 85.8 Å². The molecular formula is C32H35Cl2N3O7. The van der Waals surface area contributed by atoms with Crippen molar-refractivity contribution in [2.75, 3.05) is 13.4 Å². The number of nitrogens with one attached hydrogen (secondary N) is 2. The van der Waals surface area contributed by atoms with Crippen LogP contribution in [0.1, 0.15) is 45.2 Å². The van der Waals surface area contributed by atoms with Crippen LogP contribution in [0.3, 0.4) is 0 Å². The number of nitrogens with zero attached hydrogens (tertiary/aromatic N) is 1. The molecule has 44 heavy (non-hydrogen) atoms. The summed E-state index contributed by atoms with van der Waals surface area (Å²) in [7, 11) is 0. The van der Waals surface area contributed by atoms with Crippen molar-refractivity contribution in [3.63, 3.8) is 0 Å². The summed E-state index contributed by atoms with van der Waals surface area (Å²) in [5, 5.41) is 7.59. The highest BCUT2D eigenvalue weighted by atomic mass is 35.5. The van der Waals surface area contributed by atoms with Crippen LogP contribution in [0.4, 0.5) is 0 Å². The highest BCUT2D eigenvalue weighted by Crippen LogP contribution is 2.34. The molecule has 0 fully saturated rings. The van der Waals surface area contributed by atoms with Crippen LogP contribution in [0.25, 0.3) is 0 Å². The normalized spacial score (nSPS) is 13.4. The first-order chi connectivity index (χ1) is 21.1. The van der Waals surface area contributed by atoms with Gasteiger partial charge in [0.25, 0.3) is 11.8 Å². The van der Waals surface area contributed by atoms with Gasteiger partial charge in [0.15, 0.2) is 29.1 Å². The summed E-state index contributed by atoms with van der Waals surface area (Å²) in [6.07, 6.45) is 0.970. The van der Waals surface area contributed by atoms with Crippen molar-refractivity contribution in [2.24, 2.45) is 11.0 Å². The predicted octanol–water partition coefficient (Wildman–Crippen LogP) is 6.15. The number of hydrogen-bond donors (Lipinski definition) is 2. The van der Waals surface area contributed by atoms with Gasteiger partial charge in [0.05, 0.1) is 17.8 Å². The highest BCUT2D eigenvalue weighted by molar-refractivity contribution is 6.35. The topological polar surface area (TPSA) is 117 Å². The third-order valence-electron chi connectivity index (χ3n) is 6.39. The quantitative estimate of drug-likeness (QED) is 0.160. The number of benzene rings is 3. The van der Waals surface area contributed by atoms with Crippen molar-refractivity contribution in [3.05, 3.63) is 75.8 Å². The predicted molar refractivity (Wildman–Crippen MR) is 168 cm³/mol. The first kappa shape index (κ1) is 32.8. The molecule has 0 radical (unpaired) electrons. The molecular weight excluding hydrogens is 609 g/mol. The molecule has 1 heterocycles. The maximum Gasteiger partial charge on any atom is 0.262 e. The van der Waals surface area contributed by atoms with E-state index >= 15 is 0 Å². The van der Waals surface area contributed by atoms with Gasteiger partial charge in [-0.15, -0.1) is 0 Å². The van der Waals surface area contributed by atoms with E-state index in [0.29, 0.717) is 59.0 Å². The van der Waals surface area contributed by atoms with Gasteiger partial charge in [0.1, 0.15) is 18.4 Å². The number of carbonyl (C=O) groups excluding carboxylic acids is 2. The van der Waals surface area contributed by atoms with Crippen LogP contribution in [0.2, 0.25) is 10.0 Å². The summed E-state index contributed by atoms with van der Waals surface area (Å²) in [4.78, 5) is 25.9. The molecule has 0 saturated carbocycles. The average molecular weight is 645 g/mol. The summed E-state index contributed by atoms with van der Waals surface area (Å²) < 4.78 is 28.3. The van der Waals surface area contributed by atoms with Crippen LogP contribution in [-0.4, -0.2) is 43.6 Å². The Morgan fingerprint density at radius 3 is 2.45 bits per heavy atom. The Labute approximate surface area is 266 Å². The van der Waals surface area contributed by atoms with Crippen LogP contribution in [-0.2, 0) is 16.2 Å². The molecule has 0 bridgehead atoms. The maximum absolute atomic E-state index is 13.0. The largest absolute Gasteiger partial charge is 0.490 e. The maximum atomic E-state index is 13.0. The second-order valence-corrected chi connectivity index (χ2v) is 11.2. The molecule has 0 aromatic heterocycles. The first-order valence-electron chi connectivity index (χ1n) is 14.2. The van der Waals surface area contributed by atoms with E-state index in [0.717, 1.165) is 5.56 Å². The van der Waals surface area contributed by atoms with Gasteiger partial charge in [-0.3, -0.25) is 9.59 Å². The van der Waals surface area contributed by atoms with E-state index in [1.165, 1.54) is 12.3 Å². The molecule has 3 aromatic carbocycles. The summed E-state index contributed by atoms with van der Waals surface area (Å²) in [5.41, 5.74) is 4.12. The Hall–Kier alpha value is -4.15. The molecule has 0 aliphatic carbocycles. The summed E-state index contributed by atoms with van der Waals surface area (Å²) in [6.45, 7) is 8.30. The Balaban J connectivity index is 1.35. The molecule has 2 atom stereocenters. The molecule has 2 amide bonds. The smallest absolute Gasteiger partial charge is 0.262 e. The van der Waals surface area contributed by atoms with Gasteiger partial charge in [-0.2, -0.15) is 5.10 Å². The summed E-state index contributed by atoms with van der Waals surface area (Å²) in [6, 6.07) is 14.9. The van der Waals surface area contributed by atoms with Crippen molar-refractivity contribution in [1.29, 1.82) is 0 Å². The third-order valence-corrected chi connectivity index (χ3v) is 6.92. The van der Waals surface area contributed by atoms with E-state index in [1.807, 2.05) is 39.0 Å². The van der Waals surface area contributed by atoms with Crippen LogP contribution >= 0.6 is 23.2 Å². The lowest BCUT2D eigenvalue weighted by atomic mass is 10.0. The van der Waals surface area contributed by atoms with Gasteiger partial charge in [0.2, 0.25) is 6.79 Å². The number of halogens is 2. The fraction of sp³-hybridized carbons (Fsp3) is 0.344. The standard InChI is InChI=1S/C32H35Cl2N3O7/c1-5-40-29-13-21(6-9-27(29)41-17-22-7-10-28-30(14-22)43-18-42-28)16-35-37-32(39)25(12-19(2)3)36-31(38)20(4)44-26-11-8-23(33)15-24(26)34/h6-11,13-16,19-20,25H,5,12,17-18H2,1-4H3,(H,36,38)(H,37,39)/b35-16-/t20-,25+/m0/s1. The van der Waals surface area contributed by atoms with E-state index in [-0.39, 0.29) is 17.7 Å². The number of carbonyl (C=O) groups is 2. The van der Waals surface area contributed by atoms with Gasteiger partial charge in [-0.25, -0.2) is 5.43 Å². The zero-order valence-electron chi connectivity index (χ0n) is 24.9. The van der Waals surface area contributed by atoms with Gasteiger partial charge < -0.3 is 29.0 Å². The van der Waals surface area contributed by atoms with Crippen LogP contribution in [0.15, 0.2) is 59.7 Å². The lowest BCUT2D eigenvalue weighted by Crippen LogP contribution is -2.49. The van der Waals surface area contributed by atoms with Crippen LogP contribution in [0, 0.1) is 5.92 Å². The molecule has 1 aliphatic heterocycles. The monoisotopic (exact) mass is 643 g/mol. The van der Waals surface area contributed by atoms with Crippen molar-refractivity contribution in [3.8, 4) is 28.7 Å². The van der Waals surface area contributed by atoms with Crippen molar-refractivity contribution in [1.82, 2.24) is 10.7 Å². The number of fused-ring (bicyclic) bond motifs is 1. The molecule has 0 saturated heterocycles. The molecule has 3 aromatic rings. The lowest BCUT2D eigenvalue weighted by molar-refractivity contribution is -0.132. The second-order valence-electron chi connectivity index (χ2n) is 10.4. The number of ether oxygens (including phenoxy) is 5. The first-order valence-corrected chi connectivity index (χ1v) is 14.9. The zero-order chi connectivity index (χ0) is 31.6. The van der Waals surface area contributed by atoms with Gasteiger partial charge >= 0.3 is 0 Å². The van der Waals surface area contributed by atoms with E-state index in [4.69, 9.17) is 46.9 Å². The zero-order valence-corrected chi connectivity index (χ0v) is 26.4. The van der Waals surface area contributed by atoms with Crippen molar-refractivity contribution < 1.29 is 33.3 Å². The van der Waals surface area contributed by atoms with Crippen LogP contribution < -0.4 is 34.4 Å². The number of hydrazone groups is 1. The molecule has 2 N–H and O–H groups in total. The van der Waals surface area contributed by atoms with Gasteiger partial charge in [-0.1, -0.05) is 43.1 Å². The Morgan fingerprint density at radius 2 is 1.70 bits per heavy atom. The van der Waals surface area contributed by atoms with E-state index in [2.05, 4.69) is 15.8 Å². The molecule has 12 heteroatoms. The van der Waals surface area contributed by atoms with Crippen LogP contribution in [0.5, 0.6) is 28.7 Å². The minimum absolute atomic E-state index is 0.121. The van der Waals surface area contributed by atoms with E-state index in [1.54, 1.807) is 37.3 Å². The average Bonchev–Trinajstić information content (AvgIpc) is 3.45. The molecule has 10 nitrogen and oxygen atoms in total. The fourth-order valence-corrected chi connectivity index (χ4v) is 4.69. The molecule has 1 aliphatic rings. The number of rotatable bonds is 14. The SMILES string of the molecule is CCOc1cc(/C=N\NC(=O)[C@@H](CC(C)C)NC(=O)[C@H](C)Oc2ccc(Cl)cc2Cl)ccc1OCc1ccc2c(c1)OCO2. The Kier molecular flexibility index (Phi) is 11.6. The molecule has 234 valence electrons. The highest BCUT2D eigenvalue weighted by Gasteiger charge is 2.25. The Morgan fingerprint density at radius 1 is 0.932 bits per heavy atom. The minimum Gasteiger partial charge on any atom is -0.490 e. The minimum atomic E-state index is -0.914. The van der Waals surface area contributed by atoms with Gasteiger partial charge in [0, 0.05) is 5.02 Å². The third kappa shape index (κ3) is 9.17. The molecule has 0 spiro atoms. The van der Waals surface area contributed by atoms with Crippen molar-refractivity contribution >= 4 is 41.2 Å². The van der Waals surface area contributed by atoms with E-state index in [9.17, 15) is 9.59 Å². The number of hydrogen-bond acceptors (Lipinski definition) is 8. The lowest BCUT2D eigenvalue weighted by Gasteiger charge is -2.22. The molecule has 0 unspecified atom stereocenters. The summed E-state index contributed by atoms with van der Waals surface area (Å²) >= 11 is 12.1. The fourth-order valence-electron chi connectivity index (χ4n) is 4.24.